The van der Waals surface area contributed by atoms with Crippen molar-refractivity contribution in [2.24, 2.45) is 0 Å². The number of amides is 3. The van der Waals surface area contributed by atoms with Gasteiger partial charge in [0, 0.05) is 51.2 Å². The van der Waals surface area contributed by atoms with Crippen molar-refractivity contribution in [2.75, 3.05) is 18.9 Å². The number of hydrogen-bond donors (Lipinski definition) is 2. The molecule has 0 saturated heterocycles. The molecule has 1 aliphatic heterocycles. The summed E-state index contributed by atoms with van der Waals surface area (Å²) in [5.41, 5.74) is 1.71. The molecule has 1 saturated carbocycles. The third-order valence-electron chi connectivity index (χ3n) is 5.42. The lowest BCUT2D eigenvalue weighted by Crippen LogP contribution is -2.38. The van der Waals surface area contributed by atoms with Crippen molar-refractivity contribution in [3.8, 4) is 11.5 Å². The number of benzene rings is 2. The van der Waals surface area contributed by atoms with Gasteiger partial charge in [-0.2, -0.15) is 0 Å². The molecule has 4 rings (SSSR count). The third-order valence-corrected chi connectivity index (χ3v) is 5.42. The maximum absolute atomic E-state index is 12.3. The van der Waals surface area contributed by atoms with Gasteiger partial charge in [0.25, 0.3) is 5.79 Å². The predicted octanol–water partition coefficient (Wildman–Crippen LogP) is 3.90. The van der Waals surface area contributed by atoms with E-state index in [1.54, 1.807) is 24.1 Å². The Morgan fingerprint density at radius 3 is 2.53 bits per heavy atom. The lowest BCUT2D eigenvalue weighted by molar-refractivity contribution is -0.116. The second-order valence-electron chi connectivity index (χ2n) is 7.86. The van der Waals surface area contributed by atoms with Crippen LogP contribution >= 0.6 is 0 Å². The Hall–Kier alpha value is -3.22. The second kappa shape index (κ2) is 8.65. The first-order valence-electron chi connectivity index (χ1n) is 10.4. The first kappa shape index (κ1) is 20.1. The lowest BCUT2D eigenvalue weighted by Gasteiger charge is -2.21. The Kier molecular flexibility index (Phi) is 5.79. The smallest absolute Gasteiger partial charge is 0.317 e. The molecular formula is C23H27N3O4. The molecule has 1 spiro atoms. The van der Waals surface area contributed by atoms with E-state index >= 15 is 0 Å². The largest absolute Gasteiger partial charge is 0.448 e. The number of nitrogens with zero attached hydrogens (tertiary/aromatic N) is 1. The highest BCUT2D eigenvalue weighted by Gasteiger charge is 2.44. The Bertz CT molecular complexity index is 910. The van der Waals surface area contributed by atoms with Crippen LogP contribution in [-0.2, 0) is 11.3 Å². The van der Waals surface area contributed by atoms with Crippen LogP contribution in [0.1, 0.15) is 37.7 Å². The van der Waals surface area contributed by atoms with Crippen molar-refractivity contribution < 1.29 is 19.1 Å². The summed E-state index contributed by atoms with van der Waals surface area (Å²) in [6, 6.07) is 15.0. The molecule has 7 nitrogen and oxygen atoms in total. The molecule has 1 aliphatic carbocycles. The minimum Gasteiger partial charge on any atom is -0.448 e. The van der Waals surface area contributed by atoms with E-state index in [0.29, 0.717) is 18.0 Å². The van der Waals surface area contributed by atoms with E-state index < -0.39 is 5.79 Å². The van der Waals surface area contributed by atoms with Gasteiger partial charge in [0.05, 0.1) is 0 Å². The van der Waals surface area contributed by atoms with Crippen LogP contribution in [0.3, 0.4) is 0 Å². The highest BCUT2D eigenvalue weighted by molar-refractivity contribution is 5.91. The zero-order chi connectivity index (χ0) is 21.0. The van der Waals surface area contributed by atoms with Crippen molar-refractivity contribution in [3.05, 3.63) is 54.1 Å². The van der Waals surface area contributed by atoms with Crippen LogP contribution in [0.2, 0.25) is 0 Å². The normalized spacial score (nSPS) is 15.8. The van der Waals surface area contributed by atoms with Crippen LogP contribution in [-0.4, -0.2) is 36.2 Å². The molecule has 0 bridgehead atoms. The molecule has 3 amide bonds. The van der Waals surface area contributed by atoms with E-state index in [9.17, 15) is 9.59 Å². The molecular weight excluding hydrogens is 382 g/mol. The zero-order valence-electron chi connectivity index (χ0n) is 17.1. The first-order valence-corrected chi connectivity index (χ1v) is 10.4. The number of hydrogen-bond acceptors (Lipinski definition) is 4. The molecule has 2 aliphatic rings. The van der Waals surface area contributed by atoms with Crippen LogP contribution in [0, 0.1) is 0 Å². The van der Waals surface area contributed by atoms with Crippen LogP contribution < -0.4 is 20.1 Å². The fraction of sp³-hybridized carbons (Fsp3) is 0.391. The molecule has 7 heteroatoms. The van der Waals surface area contributed by atoms with Crippen LogP contribution in [0.25, 0.3) is 0 Å². The number of ether oxygens (including phenoxy) is 2. The van der Waals surface area contributed by atoms with Gasteiger partial charge in [-0.05, 0) is 30.5 Å². The monoisotopic (exact) mass is 409 g/mol. The summed E-state index contributed by atoms with van der Waals surface area (Å²) < 4.78 is 12.0. The molecule has 0 unspecified atom stereocenters. The Balaban J connectivity index is 1.21. The van der Waals surface area contributed by atoms with E-state index in [2.05, 4.69) is 10.6 Å². The number of anilines is 1. The van der Waals surface area contributed by atoms with Gasteiger partial charge in [0.15, 0.2) is 11.5 Å². The van der Waals surface area contributed by atoms with Crippen LogP contribution in [0.4, 0.5) is 10.5 Å². The summed E-state index contributed by atoms with van der Waals surface area (Å²) >= 11 is 0. The van der Waals surface area contributed by atoms with Gasteiger partial charge < -0.3 is 25.0 Å². The minimum atomic E-state index is -0.513. The molecule has 0 atom stereocenters. The number of carbonyl (C=O) groups is 2. The third kappa shape index (κ3) is 4.67. The van der Waals surface area contributed by atoms with Crippen LogP contribution in [0.5, 0.6) is 11.5 Å². The number of carbonyl (C=O) groups excluding carboxylic acids is 2. The van der Waals surface area contributed by atoms with Crippen molar-refractivity contribution in [3.63, 3.8) is 0 Å². The topological polar surface area (TPSA) is 79.9 Å². The molecule has 1 fully saturated rings. The number of fused-ring (bicyclic) bond motifs is 1. The summed E-state index contributed by atoms with van der Waals surface area (Å²) in [7, 11) is 1.73. The SMILES string of the molecule is CN(Cc1ccccc1)C(=O)NCCC(=O)Nc1ccc2c(c1)OC1(CCCC1)O2. The molecule has 0 aromatic heterocycles. The van der Waals surface area contributed by atoms with Gasteiger partial charge in [0.2, 0.25) is 5.91 Å². The molecule has 0 radical (unpaired) electrons. The Morgan fingerprint density at radius 1 is 1.03 bits per heavy atom. The van der Waals surface area contributed by atoms with Gasteiger partial charge in [-0.25, -0.2) is 4.79 Å². The average molecular weight is 409 g/mol. The molecule has 158 valence electrons. The summed E-state index contributed by atoms with van der Waals surface area (Å²) in [6.45, 7) is 0.773. The highest BCUT2D eigenvalue weighted by Crippen LogP contribution is 2.47. The lowest BCUT2D eigenvalue weighted by atomic mass is 10.2. The number of nitrogens with one attached hydrogen (secondary N) is 2. The Morgan fingerprint density at radius 2 is 1.77 bits per heavy atom. The van der Waals surface area contributed by atoms with Gasteiger partial charge in [-0.1, -0.05) is 30.3 Å². The summed E-state index contributed by atoms with van der Waals surface area (Å²) in [6.07, 6.45) is 4.17. The van der Waals surface area contributed by atoms with Crippen molar-refractivity contribution in [1.29, 1.82) is 0 Å². The zero-order valence-corrected chi connectivity index (χ0v) is 17.1. The molecule has 2 aromatic carbocycles. The highest BCUT2D eigenvalue weighted by atomic mass is 16.7. The maximum atomic E-state index is 12.3. The first-order chi connectivity index (χ1) is 14.5. The summed E-state index contributed by atoms with van der Waals surface area (Å²) in [5, 5.41) is 5.63. The number of urea groups is 1. The van der Waals surface area contributed by atoms with Gasteiger partial charge >= 0.3 is 6.03 Å². The Labute approximate surface area is 176 Å². The number of rotatable bonds is 6. The van der Waals surface area contributed by atoms with E-state index in [4.69, 9.17) is 9.47 Å². The minimum absolute atomic E-state index is 0.171. The van der Waals surface area contributed by atoms with Gasteiger partial charge in [-0.15, -0.1) is 0 Å². The summed E-state index contributed by atoms with van der Waals surface area (Å²) in [5.74, 6) is 0.714. The van der Waals surface area contributed by atoms with Crippen molar-refractivity contribution >= 4 is 17.6 Å². The quantitative estimate of drug-likeness (QED) is 0.758. The average Bonchev–Trinajstić information content (AvgIpc) is 3.34. The van der Waals surface area contributed by atoms with Gasteiger partial charge in [-0.3, -0.25) is 4.79 Å². The second-order valence-corrected chi connectivity index (χ2v) is 7.86. The predicted molar refractivity (Wildman–Crippen MR) is 113 cm³/mol. The standard InChI is InChI=1S/C23H27N3O4/c1-26(16-17-7-3-2-4-8-17)22(28)24-14-11-21(27)25-18-9-10-19-20(15-18)30-23(29-19)12-5-6-13-23/h2-4,7-10,15H,5-6,11-14,16H2,1H3,(H,24,28)(H,25,27). The molecule has 2 aromatic rings. The molecule has 1 heterocycles. The van der Waals surface area contributed by atoms with E-state index in [1.807, 2.05) is 36.4 Å². The van der Waals surface area contributed by atoms with E-state index in [1.165, 1.54) is 0 Å². The maximum Gasteiger partial charge on any atom is 0.317 e. The fourth-order valence-electron chi connectivity index (χ4n) is 3.86. The van der Waals surface area contributed by atoms with Crippen molar-refractivity contribution in [1.82, 2.24) is 10.2 Å². The fourth-order valence-corrected chi connectivity index (χ4v) is 3.86. The molecule has 2 N–H and O–H groups in total. The summed E-state index contributed by atoms with van der Waals surface area (Å²) in [4.78, 5) is 26.0. The van der Waals surface area contributed by atoms with E-state index in [0.717, 1.165) is 37.0 Å². The van der Waals surface area contributed by atoms with E-state index in [-0.39, 0.29) is 24.9 Å². The van der Waals surface area contributed by atoms with Crippen LogP contribution in [0.15, 0.2) is 48.5 Å². The molecule has 30 heavy (non-hydrogen) atoms. The van der Waals surface area contributed by atoms with Crippen molar-refractivity contribution in [2.45, 2.75) is 44.4 Å². The van der Waals surface area contributed by atoms with Gasteiger partial charge in [0.1, 0.15) is 0 Å².